The number of ether oxygens (including phenoxy) is 1. The van der Waals surface area contributed by atoms with Gasteiger partial charge in [-0.1, -0.05) is 57.9 Å². The first-order chi connectivity index (χ1) is 16.8. The molecule has 5 rings (SSSR count). The third kappa shape index (κ3) is 5.30. The van der Waals surface area contributed by atoms with Gasteiger partial charge in [0, 0.05) is 36.2 Å². The molecule has 2 aliphatic heterocycles. The molecule has 3 fully saturated rings. The van der Waals surface area contributed by atoms with Crippen LogP contribution in [0.3, 0.4) is 0 Å². The Labute approximate surface area is 209 Å². The second-order valence-electron chi connectivity index (χ2n) is 11.6. The molecule has 2 saturated heterocycles. The summed E-state index contributed by atoms with van der Waals surface area (Å²) in [5, 5.41) is 3.05. The zero-order chi connectivity index (χ0) is 24.6. The van der Waals surface area contributed by atoms with Gasteiger partial charge in [0.15, 0.2) is 0 Å². The van der Waals surface area contributed by atoms with Crippen molar-refractivity contribution in [3.8, 4) is 0 Å². The Morgan fingerprint density at radius 3 is 2.46 bits per heavy atom. The van der Waals surface area contributed by atoms with Crippen LogP contribution in [0.1, 0.15) is 86.9 Å². The predicted octanol–water partition coefficient (Wildman–Crippen LogP) is 6.11. The van der Waals surface area contributed by atoms with Gasteiger partial charge in [-0.05, 0) is 66.5 Å². The van der Waals surface area contributed by atoms with Crippen molar-refractivity contribution < 1.29 is 14.3 Å². The van der Waals surface area contributed by atoms with Crippen molar-refractivity contribution in [1.82, 2.24) is 4.90 Å². The van der Waals surface area contributed by atoms with Gasteiger partial charge in [-0.2, -0.15) is 0 Å². The molecule has 0 aromatic heterocycles. The first-order valence-corrected chi connectivity index (χ1v) is 13.2. The summed E-state index contributed by atoms with van der Waals surface area (Å²) in [5.74, 6) is 0.891. The van der Waals surface area contributed by atoms with E-state index in [1.54, 1.807) is 0 Å². The lowest BCUT2D eigenvalue weighted by molar-refractivity contribution is -0.138. The SMILES string of the molecule is CC(C)(C)c1ccc(C(=O)Nc2cccc(C3CC4CN(C(=O)C5CCCC5)CCC4O3)c2)cc1. The third-order valence-electron chi connectivity index (χ3n) is 8.07. The Balaban J connectivity index is 1.21. The van der Waals surface area contributed by atoms with Crippen LogP contribution in [0.15, 0.2) is 48.5 Å². The van der Waals surface area contributed by atoms with E-state index in [0.29, 0.717) is 17.4 Å². The Kier molecular flexibility index (Phi) is 6.71. The standard InChI is InChI=1S/C30H38N2O3/c1-30(2,3)24-13-11-20(12-14-24)28(33)31-25-10-6-9-22(17-25)27-18-23-19-32(16-15-26(23)35-27)29(34)21-7-4-5-8-21/h6,9-14,17,21,23,26-27H,4-5,7-8,15-16,18-19H2,1-3H3,(H,31,33). The molecule has 2 heterocycles. The van der Waals surface area contributed by atoms with Gasteiger partial charge in [-0.25, -0.2) is 0 Å². The largest absolute Gasteiger partial charge is 0.370 e. The molecule has 5 nitrogen and oxygen atoms in total. The van der Waals surface area contributed by atoms with Crippen molar-refractivity contribution in [2.24, 2.45) is 11.8 Å². The highest BCUT2D eigenvalue weighted by Gasteiger charge is 2.41. The summed E-state index contributed by atoms with van der Waals surface area (Å²) >= 11 is 0. The molecule has 1 N–H and O–H groups in total. The number of piperidine rings is 1. The zero-order valence-corrected chi connectivity index (χ0v) is 21.3. The number of rotatable bonds is 4. The van der Waals surface area contributed by atoms with Crippen molar-refractivity contribution in [1.29, 1.82) is 0 Å². The van der Waals surface area contributed by atoms with E-state index in [1.807, 2.05) is 42.5 Å². The molecule has 1 saturated carbocycles. The number of benzene rings is 2. The van der Waals surface area contributed by atoms with Gasteiger partial charge >= 0.3 is 0 Å². The number of anilines is 1. The summed E-state index contributed by atoms with van der Waals surface area (Å²) in [5.41, 5.74) is 3.79. The van der Waals surface area contributed by atoms with Gasteiger partial charge in [-0.15, -0.1) is 0 Å². The maximum Gasteiger partial charge on any atom is 0.255 e. The van der Waals surface area contributed by atoms with Crippen LogP contribution in [0.5, 0.6) is 0 Å². The molecule has 35 heavy (non-hydrogen) atoms. The molecule has 0 radical (unpaired) electrons. The molecule has 0 bridgehead atoms. The molecule has 2 amide bonds. The number of carbonyl (C=O) groups is 2. The van der Waals surface area contributed by atoms with E-state index in [1.165, 1.54) is 18.4 Å². The average Bonchev–Trinajstić information content (AvgIpc) is 3.53. The first kappa shape index (κ1) is 24.1. The van der Waals surface area contributed by atoms with Gasteiger partial charge in [0.05, 0.1) is 12.2 Å². The second kappa shape index (κ2) is 9.77. The topological polar surface area (TPSA) is 58.6 Å². The molecule has 3 atom stereocenters. The van der Waals surface area contributed by atoms with Gasteiger partial charge in [-0.3, -0.25) is 9.59 Å². The van der Waals surface area contributed by atoms with Crippen LogP contribution in [0.2, 0.25) is 0 Å². The Morgan fingerprint density at radius 1 is 1.00 bits per heavy atom. The number of amides is 2. The Hall–Kier alpha value is -2.66. The first-order valence-electron chi connectivity index (χ1n) is 13.2. The fraction of sp³-hybridized carbons (Fsp3) is 0.533. The van der Waals surface area contributed by atoms with E-state index in [9.17, 15) is 9.59 Å². The minimum absolute atomic E-state index is 0.00875. The summed E-state index contributed by atoms with van der Waals surface area (Å²) in [4.78, 5) is 27.9. The number of nitrogens with zero attached hydrogens (tertiary/aromatic N) is 1. The molecule has 186 valence electrons. The highest BCUT2D eigenvalue weighted by molar-refractivity contribution is 6.04. The van der Waals surface area contributed by atoms with Crippen LogP contribution in [0, 0.1) is 11.8 Å². The molecule has 2 aromatic rings. The molecule has 1 aliphatic carbocycles. The fourth-order valence-electron chi connectivity index (χ4n) is 5.95. The van der Waals surface area contributed by atoms with E-state index >= 15 is 0 Å². The third-order valence-corrected chi connectivity index (χ3v) is 8.07. The van der Waals surface area contributed by atoms with Crippen LogP contribution in [0.25, 0.3) is 0 Å². The van der Waals surface area contributed by atoms with E-state index in [-0.39, 0.29) is 29.4 Å². The lowest BCUT2D eigenvalue weighted by Gasteiger charge is -2.35. The van der Waals surface area contributed by atoms with Crippen LogP contribution < -0.4 is 5.32 Å². The van der Waals surface area contributed by atoms with Crippen LogP contribution in [-0.2, 0) is 14.9 Å². The zero-order valence-electron chi connectivity index (χ0n) is 21.3. The summed E-state index contributed by atoms with van der Waals surface area (Å²) in [6, 6.07) is 15.9. The lowest BCUT2D eigenvalue weighted by atomic mass is 9.87. The van der Waals surface area contributed by atoms with Crippen molar-refractivity contribution in [3.05, 3.63) is 65.2 Å². The van der Waals surface area contributed by atoms with Gasteiger partial charge in [0.25, 0.3) is 5.91 Å². The Morgan fingerprint density at radius 2 is 1.74 bits per heavy atom. The molecule has 3 aliphatic rings. The number of hydrogen-bond donors (Lipinski definition) is 1. The molecule has 0 spiro atoms. The van der Waals surface area contributed by atoms with Crippen LogP contribution in [-0.4, -0.2) is 35.9 Å². The smallest absolute Gasteiger partial charge is 0.255 e. The van der Waals surface area contributed by atoms with Gasteiger partial charge in [0.2, 0.25) is 5.91 Å². The van der Waals surface area contributed by atoms with E-state index in [2.05, 4.69) is 37.1 Å². The molecule has 3 unspecified atom stereocenters. The predicted molar refractivity (Wildman–Crippen MR) is 138 cm³/mol. The fourth-order valence-corrected chi connectivity index (χ4v) is 5.95. The molecular formula is C30H38N2O3. The monoisotopic (exact) mass is 474 g/mol. The van der Waals surface area contributed by atoms with E-state index in [4.69, 9.17) is 4.74 Å². The molecule has 5 heteroatoms. The minimum atomic E-state index is -0.107. The van der Waals surface area contributed by atoms with Gasteiger partial charge in [0.1, 0.15) is 0 Å². The normalized spacial score (nSPS) is 24.9. The summed E-state index contributed by atoms with van der Waals surface area (Å²) in [7, 11) is 0. The molecular weight excluding hydrogens is 436 g/mol. The number of fused-ring (bicyclic) bond motifs is 1. The van der Waals surface area contributed by atoms with E-state index in [0.717, 1.165) is 50.0 Å². The van der Waals surface area contributed by atoms with Crippen molar-refractivity contribution in [3.63, 3.8) is 0 Å². The summed E-state index contributed by atoms with van der Waals surface area (Å²) in [6.45, 7) is 8.13. The highest BCUT2D eigenvalue weighted by Crippen LogP contribution is 2.42. The van der Waals surface area contributed by atoms with Crippen molar-refractivity contribution in [2.45, 2.75) is 76.9 Å². The van der Waals surface area contributed by atoms with Crippen LogP contribution >= 0.6 is 0 Å². The number of likely N-dealkylation sites (tertiary alicyclic amines) is 1. The number of hydrogen-bond acceptors (Lipinski definition) is 3. The maximum absolute atomic E-state index is 12.9. The molecule has 2 aromatic carbocycles. The summed E-state index contributed by atoms with van der Waals surface area (Å²) < 4.78 is 6.44. The minimum Gasteiger partial charge on any atom is -0.370 e. The average molecular weight is 475 g/mol. The number of carbonyl (C=O) groups excluding carboxylic acids is 2. The van der Waals surface area contributed by atoms with Crippen LogP contribution in [0.4, 0.5) is 5.69 Å². The lowest BCUT2D eigenvalue weighted by Crippen LogP contribution is -2.46. The summed E-state index contributed by atoms with van der Waals surface area (Å²) in [6.07, 6.45) is 6.56. The second-order valence-corrected chi connectivity index (χ2v) is 11.6. The highest BCUT2D eigenvalue weighted by atomic mass is 16.5. The Bertz CT molecular complexity index is 1070. The van der Waals surface area contributed by atoms with Crippen molar-refractivity contribution >= 4 is 17.5 Å². The van der Waals surface area contributed by atoms with Crippen molar-refractivity contribution in [2.75, 3.05) is 18.4 Å². The quantitative estimate of drug-likeness (QED) is 0.582. The maximum atomic E-state index is 12.9. The number of nitrogens with one attached hydrogen (secondary N) is 1. The van der Waals surface area contributed by atoms with Gasteiger partial charge < -0.3 is 15.0 Å². The van der Waals surface area contributed by atoms with E-state index < -0.39 is 0 Å².